The number of likely N-dealkylation sites (tertiary alicyclic amines) is 1. The average Bonchev–Trinajstić information content (AvgIpc) is 2.79. The second-order valence-electron chi connectivity index (χ2n) is 5.83. The number of likely N-dealkylation sites (N-methyl/N-ethyl adjacent to an activating group) is 1. The van der Waals surface area contributed by atoms with Crippen molar-refractivity contribution in [1.29, 1.82) is 0 Å². The van der Waals surface area contributed by atoms with Gasteiger partial charge in [-0.1, -0.05) is 24.3 Å². The average molecular weight is 261 g/mol. The number of benzene rings is 1. The highest BCUT2D eigenvalue weighted by molar-refractivity contribution is 5.27. The van der Waals surface area contributed by atoms with E-state index in [1.54, 1.807) is 0 Å². The molecule has 1 aromatic rings. The molecule has 0 amide bonds. The summed E-state index contributed by atoms with van der Waals surface area (Å²) in [7, 11) is 6.36. The summed E-state index contributed by atoms with van der Waals surface area (Å²) in [6.45, 7) is 4.47. The van der Waals surface area contributed by atoms with Gasteiger partial charge in [-0.05, 0) is 51.7 Å². The van der Waals surface area contributed by atoms with Crippen LogP contribution >= 0.6 is 0 Å². The molecular weight excluding hydrogens is 234 g/mol. The van der Waals surface area contributed by atoms with Crippen LogP contribution in [0, 0.1) is 0 Å². The fourth-order valence-electron chi connectivity index (χ4n) is 3.03. The van der Waals surface area contributed by atoms with Crippen LogP contribution in [-0.2, 0) is 13.1 Å². The van der Waals surface area contributed by atoms with Crippen molar-refractivity contribution in [3.8, 4) is 0 Å². The van der Waals surface area contributed by atoms with E-state index in [9.17, 15) is 0 Å². The van der Waals surface area contributed by atoms with Crippen LogP contribution in [0.3, 0.4) is 0 Å². The number of hydrogen-bond donors (Lipinski definition) is 1. The quantitative estimate of drug-likeness (QED) is 0.844. The molecule has 1 heterocycles. The summed E-state index contributed by atoms with van der Waals surface area (Å²) in [5.74, 6) is 0. The molecule has 1 saturated heterocycles. The summed E-state index contributed by atoms with van der Waals surface area (Å²) < 4.78 is 0. The molecule has 1 fully saturated rings. The number of nitrogens with one attached hydrogen (secondary N) is 1. The molecule has 1 aromatic carbocycles. The van der Waals surface area contributed by atoms with Crippen molar-refractivity contribution in [3.05, 3.63) is 35.4 Å². The molecule has 0 spiro atoms. The largest absolute Gasteiger partial charge is 0.316 e. The van der Waals surface area contributed by atoms with Crippen LogP contribution in [-0.4, -0.2) is 50.1 Å². The summed E-state index contributed by atoms with van der Waals surface area (Å²) in [6, 6.07) is 9.53. The number of hydrogen-bond acceptors (Lipinski definition) is 3. The van der Waals surface area contributed by atoms with E-state index < -0.39 is 0 Å². The van der Waals surface area contributed by atoms with Crippen LogP contribution in [0.1, 0.15) is 24.0 Å². The third kappa shape index (κ3) is 4.03. The Morgan fingerprint density at radius 1 is 1.26 bits per heavy atom. The molecule has 0 bridgehead atoms. The summed E-state index contributed by atoms with van der Waals surface area (Å²) in [5, 5.41) is 3.27. The zero-order chi connectivity index (χ0) is 13.7. The van der Waals surface area contributed by atoms with Crippen molar-refractivity contribution >= 4 is 0 Å². The molecule has 0 radical (unpaired) electrons. The SMILES string of the molecule is CNCc1ccccc1CN1CCCC1CN(C)C. The van der Waals surface area contributed by atoms with Gasteiger partial charge in [0, 0.05) is 25.7 Å². The monoisotopic (exact) mass is 261 g/mol. The normalized spacial score (nSPS) is 20.3. The fraction of sp³-hybridized carbons (Fsp3) is 0.625. The van der Waals surface area contributed by atoms with Gasteiger partial charge in [-0.15, -0.1) is 0 Å². The van der Waals surface area contributed by atoms with Gasteiger partial charge in [0.1, 0.15) is 0 Å². The molecule has 0 aromatic heterocycles. The lowest BCUT2D eigenvalue weighted by Gasteiger charge is -2.27. The Kier molecular flexibility index (Phi) is 5.37. The molecule has 1 aliphatic rings. The lowest BCUT2D eigenvalue weighted by Crippen LogP contribution is -2.37. The zero-order valence-electron chi connectivity index (χ0n) is 12.5. The van der Waals surface area contributed by atoms with Crippen LogP contribution in [0.15, 0.2) is 24.3 Å². The minimum Gasteiger partial charge on any atom is -0.316 e. The first-order chi connectivity index (χ1) is 9.20. The molecule has 3 nitrogen and oxygen atoms in total. The van der Waals surface area contributed by atoms with Gasteiger partial charge in [-0.3, -0.25) is 4.90 Å². The Morgan fingerprint density at radius 3 is 2.68 bits per heavy atom. The van der Waals surface area contributed by atoms with Crippen molar-refractivity contribution < 1.29 is 0 Å². The van der Waals surface area contributed by atoms with Crippen LogP contribution < -0.4 is 5.32 Å². The van der Waals surface area contributed by atoms with Gasteiger partial charge in [0.05, 0.1) is 0 Å². The Labute approximate surface area is 117 Å². The molecule has 1 aliphatic heterocycles. The first-order valence-corrected chi connectivity index (χ1v) is 7.31. The van der Waals surface area contributed by atoms with E-state index in [-0.39, 0.29) is 0 Å². The third-order valence-corrected chi connectivity index (χ3v) is 3.93. The standard InChI is InChI=1S/C16H27N3/c1-17-11-14-7-4-5-8-15(14)12-19-10-6-9-16(19)13-18(2)3/h4-5,7-8,16-17H,6,9-13H2,1-3H3. The van der Waals surface area contributed by atoms with Crippen molar-refractivity contribution in [3.63, 3.8) is 0 Å². The Hall–Kier alpha value is -0.900. The minimum absolute atomic E-state index is 0.720. The molecule has 1 N–H and O–H groups in total. The number of nitrogens with zero attached hydrogens (tertiary/aromatic N) is 2. The van der Waals surface area contributed by atoms with E-state index in [1.165, 1.54) is 37.1 Å². The lowest BCUT2D eigenvalue weighted by molar-refractivity contribution is 0.200. The topological polar surface area (TPSA) is 18.5 Å². The summed E-state index contributed by atoms with van der Waals surface area (Å²) in [4.78, 5) is 4.96. The predicted molar refractivity (Wildman–Crippen MR) is 81.2 cm³/mol. The molecule has 0 aliphatic carbocycles. The highest BCUT2D eigenvalue weighted by atomic mass is 15.2. The van der Waals surface area contributed by atoms with Crippen molar-refractivity contribution in [2.45, 2.75) is 32.0 Å². The minimum atomic E-state index is 0.720. The highest BCUT2D eigenvalue weighted by Crippen LogP contribution is 2.22. The smallest absolute Gasteiger partial charge is 0.0240 e. The van der Waals surface area contributed by atoms with Gasteiger partial charge >= 0.3 is 0 Å². The number of rotatable bonds is 6. The highest BCUT2D eigenvalue weighted by Gasteiger charge is 2.25. The molecule has 0 saturated carbocycles. The van der Waals surface area contributed by atoms with Gasteiger partial charge in [-0.2, -0.15) is 0 Å². The molecule has 3 heteroatoms. The van der Waals surface area contributed by atoms with Crippen molar-refractivity contribution in [2.75, 3.05) is 34.2 Å². The fourth-order valence-corrected chi connectivity index (χ4v) is 3.03. The van der Waals surface area contributed by atoms with E-state index in [4.69, 9.17) is 0 Å². The second kappa shape index (κ2) is 7.04. The molecule has 106 valence electrons. The van der Waals surface area contributed by atoms with Gasteiger partial charge in [-0.25, -0.2) is 0 Å². The Balaban J connectivity index is 2.03. The summed E-state index contributed by atoms with van der Waals surface area (Å²) in [5.41, 5.74) is 2.91. The molecule has 2 rings (SSSR count). The Morgan fingerprint density at radius 2 is 2.00 bits per heavy atom. The van der Waals surface area contributed by atoms with Crippen LogP contribution in [0.5, 0.6) is 0 Å². The summed E-state index contributed by atoms with van der Waals surface area (Å²) >= 11 is 0. The maximum atomic E-state index is 3.27. The predicted octanol–water partition coefficient (Wildman–Crippen LogP) is 1.93. The molecule has 1 unspecified atom stereocenters. The maximum Gasteiger partial charge on any atom is 0.0240 e. The van der Waals surface area contributed by atoms with E-state index in [2.05, 4.69) is 53.5 Å². The Bertz CT molecular complexity index is 389. The molecular formula is C16H27N3. The second-order valence-corrected chi connectivity index (χ2v) is 5.83. The van der Waals surface area contributed by atoms with Crippen LogP contribution in [0.25, 0.3) is 0 Å². The lowest BCUT2D eigenvalue weighted by atomic mass is 10.1. The van der Waals surface area contributed by atoms with E-state index in [0.717, 1.165) is 19.1 Å². The van der Waals surface area contributed by atoms with Crippen molar-refractivity contribution in [1.82, 2.24) is 15.1 Å². The van der Waals surface area contributed by atoms with E-state index in [0.29, 0.717) is 0 Å². The van der Waals surface area contributed by atoms with E-state index in [1.807, 2.05) is 7.05 Å². The van der Waals surface area contributed by atoms with Crippen LogP contribution in [0.2, 0.25) is 0 Å². The van der Waals surface area contributed by atoms with Crippen molar-refractivity contribution in [2.24, 2.45) is 0 Å². The summed E-state index contributed by atoms with van der Waals surface area (Å²) in [6.07, 6.45) is 2.68. The van der Waals surface area contributed by atoms with Crippen LogP contribution in [0.4, 0.5) is 0 Å². The first kappa shape index (κ1) is 14.5. The molecule has 1 atom stereocenters. The van der Waals surface area contributed by atoms with E-state index >= 15 is 0 Å². The molecule has 19 heavy (non-hydrogen) atoms. The zero-order valence-corrected chi connectivity index (χ0v) is 12.5. The third-order valence-electron chi connectivity index (χ3n) is 3.93. The van der Waals surface area contributed by atoms with Gasteiger partial charge < -0.3 is 10.2 Å². The van der Waals surface area contributed by atoms with Gasteiger partial charge in [0.15, 0.2) is 0 Å². The van der Waals surface area contributed by atoms with Gasteiger partial charge in [0.25, 0.3) is 0 Å². The first-order valence-electron chi connectivity index (χ1n) is 7.31. The maximum absolute atomic E-state index is 3.27. The van der Waals surface area contributed by atoms with Gasteiger partial charge in [0.2, 0.25) is 0 Å².